The van der Waals surface area contributed by atoms with E-state index in [1.165, 1.54) is 30.2 Å². The van der Waals surface area contributed by atoms with Crippen molar-refractivity contribution in [3.8, 4) is 0 Å². The van der Waals surface area contributed by atoms with Crippen molar-refractivity contribution in [1.29, 1.82) is 0 Å². The van der Waals surface area contributed by atoms with E-state index in [9.17, 15) is 22.8 Å². The fraction of sp³-hybridized carbons (Fsp3) is 0.412. The van der Waals surface area contributed by atoms with E-state index in [2.05, 4.69) is 5.16 Å². The Morgan fingerprint density at radius 1 is 1.31 bits per heavy atom. The summed E-state index contributed by atoms with van der Waals surface area (Å²) in [7, 11) is 1.25. The maximum atomic E-state index is 12.8. The fourth-order valence-electron chi connectivity index (χ4n) is 3.27. The van der Waals surface area contributed by atoms with E-state index in [1.807, 2.05) is 0 Å². The molecule has 2 aromatic rings. The van der Waals surface area contributed by atoms with Gasteiger partial charge in [-0.2, -0.15) is 18.3 Å². The number of hydrogen-bond donors (Lipinski definition) is 1. The number of piperidine rings is 1. The number of hydrogen-bond acceptors (Lipinski definition) is 4. The van der Waals surface area contributed by atoms with Gasteiger partial charge in [-0.15, -0.1) is 0 Å². The molecule has 1 aliphatic heterocycles. The Morgan fingerprint density at radius 2 is 2.00 bits per heavy atom. The van der Waals surface area contributed by atoms with Crippen LogP contribution in [0.1, 0.15) is 41.7 Å². The fourth-order valence-corrected chi connectivity index (χ4v) is 3.27. The first kappa shape index (κ1) is 18.1. The molecule has 3 rings (SSSR count). The van der Waals surface area contributed by atoms with Crippen LogP contribution in [0.4, 0.5) is 18.0 Å². The van der Waals surface area contributed by atoms with Crippen molar-refractivity contribution < 1.29 is 27.2 Å². The van der Waals surface area contributed by atoms with Gasteiger partial charge in [0.25, 0.3) is 5.56 Å². The van der Waals surface area contributed by atoms with Crippen LogP contribution in [0.5, 0.6) is 0 Å². The Kier molecular flexibility index (Phi) is 4.80. The molecule has 1 saturated heterocycles. The van der Waals surface area contributed by atoms with Gasteiger partial charge >= 0.3 is 12.3 Å². The molecule has 1 N–H and O–H groups in total. The first-order valence-corrected chi connectivity index (χ1v) is 7.99. The lowest BCUT2D eigenvalue weighted by Crippen LogP contribution is -2.40. The Labute approximate surface area is 146 Å². The van der Waals surface area contributed by atoms with Crippen LogP contribution < -0.4 is 5.56 Å². The van der Waals surface area contributed by atoms with E-state index in [-0.39, 0.29) is 11.5 Å². The first-order valence-electron chi connectivity index (χ1n) is 7.99. The van der Waals surface area contributed by atoms with E-state index < -0.39 is 23.9 Å². The lowest BCUT2D eigenvalue weighted by molar-refractivity contribution is -0.137. The zero-order valence-electron chi connectivity index (χ0n) is 13.9. The van der Waals surface area contributed by atoms with Crippen molar-refractivity contribution >= 4 is 6.09 Å². The second-order valence-corrected chi connectivity index (χ2v) is 6.14. The number of carbonyl (C=O) groups excluding carboxylic acids is 1. The Balaban J connectivity index is 1.89. The highest BCUT2D eigenvalue weighted by molar-refractivity contribution is 5.68. The van der Waals surface area contributed by atoms with Crippen LogP contribution in [-0.2, 0) is 10.9 Å². The Morgan fingerprint density at radius 3 is 2.54 bits per heavy atom. The molecule has 1 aromatic carbocycles. The molecular weight excluding hydrogens is 353 g/mol. The molecule has 0 bridgehead atoms. The maximum Gasteiger partial charge on any atom is 0.416 e. The molecule has 2 atom stereocenters. The largest absolute Gasteiger partial charge is 0.453 e. The average Bonchev–Trinajstić information content (AvgIpc) is 3.06. The molecule has 1 fully saturated rings. The lowest BCUT2D eigenvalue weighted by Gasteiger charge is -2.38. The summed E-state index contributed by atoms with van der Waals surface area (Å²) in [6, 6.07) is 5.57. The summed E-state index contributed by atoms with van der Waals surface area (Å²) in [6.45, 7) is 0.331. The van der Waals surface area contributed by atoms with Crippen LogP contribution >= 0.6 is 0 Å². The summed E-state index contributed by atoms with van der Waals surface area (Å²) in [5, 5.41) is 2.23. The molecule has 0 spiro atoms. The highest BCUT2D eigenvalue weighted by Gasteiger charge is 2.36. The smallest absolute Gasteiger partial charge is 0.416 e. The van der Waals surface area contributed by atoms with Gasteiger partial charge in [-0.1, -0.05) is 12.1 Å². The molecule has 0 aliphatic carbocycles. The summed E-state index contributed by atoms with van der Waals surface area (Å²) in [5.41, 5.74) is -0.553. The van der Waals surface area contributed by atoms with Gasteiger partial charge in [0.15, 0.2) is 0 Å². The number of alkyl halides is 3. The molecule has 1 aromatic heterocycles. The zero-order chi connectivity index (χ0) is 18.9. The van der Waals surface area contributed by atoms with Gasteiger partial charge in [0, 0.05) is 18.5 Å². The lowest BCUT2D eigenvalue weighted by atomic mass is 9.85. The van der Waals surface area contributed by atoms with E-state index in [1.54, 1.807) is 0 Å². The number of benzene rings is 1. The number of methoxy groups -OCH3 is 1. The normalized spacial score (nSPS) is 20.8. The van der Waals surface area contributed by atoms with Crippen LogP contribution in [0.25, 0.3) is 0 Å². The number of rotatable bonds is 2. The standard InChI is InChI=1S/C17H17F3N2O4/c1-25-16(24)22-7-6-11(14-9-15(23)21-26-14)8-13(22)10-2-4-12(5-3-10)17(18,19)20/h2-5,9,11,13H,6-8H2,1H3,(H,21,23)/t11-,13-/m0/s1. The maximum absolute atomic E-state index is 12.8. The molecule has 2 heterocycles. The average molecular weight is 370 g/mol. The van der Waals surface area contributed by atoms with Gasteiger partial charge in [0.05, 0.1) is 18.7 Å². The molecule has 140 valence electrons. The summed E-state index contributed by atoms with van der Waals surface area (Å²) in [6.07, 6.45) is -4.03. The highest BCUT2D eigenvalue weighted by atomic mass is 19.4. The minimum atomic E-state index is -4.43. The number of aromatic amines is 1. The number of halogens is 3. The van der Waals surface area contributed by atoms with Gasteiger partial charge in [0.1, 0.15) is 5.76 Å². The number of nitrogens with zero attached hydrogens (tertiary/aromatic N) is 1. The van der Waals surface area contributed by atoms with Crippen molar-refractivity contribution in [2.75, 3.05) is 13.7 Å². The third kappa shape index (κ3) is 3.61. The topological polar surface area (TPSA) is 75.5 Å². The van der Waals surface area contributed by atoms with Gasteiger partial charge in [-0.25, -0.2) is 4.79 Å². The predicted octanol–water partition coefficient (Wildman–Crippen LogP) is 3.67. The molecule has 0 radical (unpaired) electrons. The number of amides is 1. The van der Waals surface area contributed by atoms with Gasteiger partial charge in [-0.3, -0.25) is 4.79 Å². The quantitative estimate of drug-likeness (QED) is 0.875. The van der Waals surface area contributed by atoms with Crippen molar-refractivity contribution in [1.82, 2.24) is 10.1 Å². The molecule has 1 aliphatic rings. The third-order valence-corrected chi connectivity index (χ3v) is 4.58. The van der Waals surface area contributed by atoms with E-state index in [0.717, 1.165) is 12.1 Å². The monoisotopic (exact) mass is 370 g/mol. The number of likely N-dealkylation sites (tertiary alicyclic amines) is 1. The first-order chi connectivity index (χ1) is 12.3. The molecule has 9 heteroatoms. The molecule has 0 unspecified atom stereocenters. The third-order valence-electron chi connectivity index (χ3n) is 4.58. The predicted molar refractivity (Wildman–Crippen MR) is 84.6 cm³/mol. The number of H-pyrrole nitrogens is 1. The Bertz CT molecular complexity index is 826. The SMILES string of the molecule is COC(=O)N1CC[C@H](c2cc(=O)[nH]o2)C[C@H]1c1ccc(C(F)(F)F)cc1. The van der Waals surface area contributed by atoms with Crippen LogP contribution in [0.3, 0.4) is 0 Å². The highest BCUT2D eigenvalue weighted by Crippen LogP contribution is 2.40. The van der Waals surface area contributed by atoms with Gasteiger partial charge < -0.3 is 14.2 Å². The summed E-state index contributed by atoms with van der Waals surface area (Å²) in [4.78, 5) is 24.8. The molecular formula is C17H17F3N2O4. The van der Waals surface area contributed by atoms with E-state index >= 15 is 0 Å². The summed E-state index contributed by atoms with van der Waals surface area (Å²) < 4.78 is 48.3. The molecule has 26 heavy (non-hydrogen) atoms. The Hall–Kier alpha value is -2.71. The van der Waals surface area contributed by atoms with Crippen molar-refractivity contribution in [3.63, 3.8) is 0 Å². The number of carbonyl (C=O) groups is 1. The molecule has 6 nitrogen and oxygen atoms in total. The van der Waals surface area contributed by atoms with Crippen LogP contribution in [0, 0.1) is 0 Å². The number of nitrogens with one attached hydrogen (secondary N) is 1. The molecule has 1 amide bonds. The summed E-state index contributed by atoms with van der Waals surface area (Å²) in [5.74, 6) is 0.332. The van der Waals surface area contributed by atoms with E-state index in [0.29, 0.717) is 30.7 Å². The van der Waals surface area contributed by atoms with Crippen molar-refractivity contribution in [3.05, 3.63) is 57.6 Å². The second kappa shape index (κ2) is 6.89. The minimum Gasteiger partial charge on any atom is -0.453 e. The zero-order valence-corrected chi connectivity index (χ0v) is 13.9. The van der Waals surface area contributed by atoms with Crippen LogP contribution in [-0.4, -0.2) is 29.8 Å². The van der Waals surface area contributed by atoms with E-state index in [4.69, 9.17) is 9.26 Å². The number of aromatic nitrogens is 1. The van der Waals surface area contributed by atoms with Crippen molar-refractivity contribution in [2.45, 2.75) is 31.0 Å². The van der Waals surface area contributed by atoms with Crippen LogP contribution in [0.15, 0.2) is 39.6 Å². The summed E-state index contributed by atoms with van der Waals surface area (Å²) >= 11 is 0. The second-order valence-electron chi connectivity index (χ2n) is 6.14. The van der Waals surface area contributed by atoms with Gasteiger partial charge in [0.2, 0.25) is 0 Å². The van der Waals surface area contributed by atoms with Crippen LogP contribution in [0.2, 0.25) is 0 Å². The minimum absolute atomic E-state index is 0.137. The molecule has 0 saturated carbocycles. The van der Waals surface area contributed by atoms with Crippen molar-refractivity contribution in [2.24, 2.45) is 0 Å². The van der Waals surface area contributed by atoms with Gasteiger partial charge in [-0.05, 0) is 30.5 Å². The number of ether oxygens (including phenoxy) is 1.